The molecule has 1 aliphatic rings. The molecule has 0 atom stereocenters. The van der Waals surface area contributed by atoms with Gasteiger partial charge in [0.15, 0.2) is 11.0 Å². The van der Waals surface area contributed by atoms with Gasteiger partial charge in [-0.3, -0.25) is 4.57 Å². The van der Waals surface area contributed by atoms with Crippen LogP contribution in [0, 0.1) is 5.41 Å². The number of aromatic nitrogens is 3. The van der Waals surface area contributed by atoms with Gasteiger partial charge in [0.2, 0.25) is 0 Å². The van der Waals surface area contributed by atoms with E-state index in [9.17, 15) is 0 Å². The van der Waals surface area contributed by atoms with Gasteiger partial charge in [-0.25, -0.2) is 4.99 Å². The number of aliphatic imine (C=N–C) groups is 1. The highest BCUT2D eigenvalue weighted by Gasteiger charge is 2.31. The van der Waals surface area contributed by atoms with Gasteiger partial charge in [-0.2, -0.15) is 9.13 Å². The molecule has 0 aliphatic carbocycles. The zero-order chi connectivity index (χ0) is 51.5. The Morgan fingerprint density at radius 1 is 0.474 bits per heavy atom. The maximum atomic E-state index is 6.91. The molecule has 0 unspecified atom stereocenters. The first-order valence-corrected chi connectivity index (χ1v) is 26.1. The van der Waals surface area contributed by atoms with Crippen molar-refractivity contribution in [3.8, 4) is 89.6 Å². The fourth-order valence-corrected chi connectivity index (χ4v) is 11.5. The Labute approximate surface area is 443 Å². The fraction of sp³-hybridized carbons (Fsp3) is 0.0704. The highest BCUT2D eigenvalue weighted by Crippen LogP contribution is 2.46. The van der Waals surface area contributed by atoms with Crippen molar-refractivity contribution in [3.05, 3.63) is 255 Å². The predicted octanol–water partition coefficient (Wildman–Crippen LogP) is 18.6. The third kappa shape index (κ3) is 7.96. The summed E-state index contributed by atoms with van der Waals surface area (Å²) in [7, 11) is 0. The number of ether oxygens (including phenoxy) is 1. The summed E-state index contributed by atoms with van der Waals surface area (Å²) in [5.74, 6) is 2.20. The molecule has 0 radical (unpaired) electrons. The normalized spacial score (nSPS) is 12.4. The second kappa shape index (κ2) is 18.7. The average molecular weight is 980 g/mol. The minimum atomic E-state index is -0.0766. The van der Waals surface area contributed by atoms with E-state index in [0.717, 1.165) is 94.9 Å². The van der Waals surface area contributed by atoms with Crippen molar-refractivity contribution in [2.75, 3.05) is 0 Å². The summed E-state index contributed by atoms with van der Waals surface area (Å²) < 4.78 is 13.9. The zero-order valence-corrected chi connectivity index (χ0v) is 43.1. The van der Waals surface area contributed by atoms with Crippen molar-refractivity contribution in [1.82, 2.24) is 9.13 Å². The van der Waals surface area contributed by atoms with Crippen molar-refractivity contribution in [1.29, 1.82) is 0 Å². The van der Waals surface area contributed by atoms with Crippen LogP contribution in [0.4, 0.5) is 0 Å². The maximum absolute atomic E-state index is 6.91. The molecule has 5 nitrogen and oxygen atoms in total. The quantitative estimate of drug-likeness (QED) is 0.0806. The summed E-state index contributed by atoms with van der Waals surface area (Å²) >= 11 is 0. The summed E-state index contributed by atoms with van der Waals surface area (Å²) in [6, 6.07) is 83.0. The van der Waals surface area contributed by atoms with Gasteiger partial charge in [0.05, 0.1) is 11.0 Å². The Bertz CT molecular complexity index is 4260. The Hall–Kier alpha value is -9.58. The molecule has 2 aromatic heterocycles. The van der Waals surface area contributed by atoms with Gasteiger partial charge in [-0.1, -0.05) is 185 Å². The summed E-state index contributed by atoms with van der Waals surface area (Å²) in [4.78, 5) is 4.63. The molecule has 10 aromatic carbocycles. The lowest BCUT2D eigenvalue weighted by Crippen LogP contribution is -2.31. The Morgan fingerprint density at radius 3 is 1.67 bits per heavy atom. The number of nitrogens with zero attached hydrogens (tertiary/aromatic N) is 4. The van der Waals surface area contributed by atoms with Crippen LogP contribution in [-0.2, 0) is 0 Å². The topological polar surface area (TPSA) is 35.3 Å². The molecular weight excluding hydrogens is 925 g/mol. The molecule has 0 bridgehead atoms. The van der Waals surface area contributed by atoms with E-state index in [1.165, 1.54) is 39.0 Å². The first-order valence-electron chi connectivity index (χ1n) is 26.1. The standard InChI is InChI=1S/C71H55N4O/c1-6-52(71(2,3)4)43-68(72-5)75-65-36-18-17-32-61(65)62-39-38-55(45-67(62)75)76-54-27-19-26-53(44-54)73-46-74-69-56(51-41-49(47-22-9-7-10-23-47)40-50(42-51)48-24-11-8-12-25-48)33-20-34-63(69)59-30-15-13-28-57(59)58-29-14-16-31-60(58)64-35-21-37-66(73)70(64)74/h6-46H,5H2,1-4H3/q+1/b52-6+,68-43+. The highest BCUT2D eigenvalue weighted by molar-refractivity contribution is 6.10. The van der Waals surface area contributed by atoms with E-state index < -0.39 is 0 Å². The Kier molecular flexibility index (Phi) is 11.4. The lowest BCUT2D eigenvalue weighted by molar-refractivity contribution is -0.566. The van der Waals surface area contributed by atoms with E-state index in [0.29, 0.717) is 0 Å². The minimum Gasteiger partial charge on any atom is -0.457 e. The van der Waals surface area contributed by atoms with Gasteiger partial charge in [0.25, 0.3) is 6.33 Å². The van der Waals surface area contributed by atoms with Crippen LogP contribution in [0.5, 0.6) is 11.5 Å². The fourth-order valence-electron chi connectivity index (χ4n) is 11.5. The largest absolute Gasteiger partial charge is 0.457 e. The molecule has 1 aliphatic heterocycles. The molecular formula is C71H55N4O+. The third-order valence-electron chi connectivity index (χ3n) is 15.0. The summed E-state index contributed by atoms with van der Waals surface area (Å²) in [6.07, 6.45) is 6.59. The molecule has 12 aromatic rings. The Balaban J connectivity index is 1.01. The van der Waals surface area contributed by atoms with Crippen LogP contribution >= 0.6 is 0 Å². The predicted molar refractivity (Wildman–Crippen MR) is 318 cm³/mol. The second-order valence-corrected chi connectivity index (χ2v) is 20.6. The lowest BCUT2D eigenvalue weighted by Gasteiger charge is -2.21. The molecule has 0 saturated carbocycles. The maximum Gasteiger partial charge on any atom is 0.255 e. The van der Waals surface area contributed by atoms with Crippen LogP contribution in [0.1, 0.15) is 27.7 Å². The molecule has 0 saturated heterocycles. The molecule has 76 heavy (non-hydrogen) atoms. The number of hydrogen-bond donors (Lipinski definition) is 0. The Morgan fingerprint density at radius 2 is 1.00 bits per heavy atom. The molecule has 364 valence electrons. The van der Waals surface area contributed by atoms with Crippen LogP contribution in [0.2, 0.25) is 0 Å². The molecule has 0 spiro atoms. The number of hydrogen-bond acceptors (Lipinski definition) is 2. The average Bonchev–Trinajstić information content (AvgIpc) is 4.09. The van der Waals surface area contributed by atoms with Crippen LogP contribution < -0.4 is 9.30 Å². The van der Waals surface area contributed by atoms with Gasteiger partial charge in [-0.15, -0.1) is 0 Å². The zero-order valence-electron chi connectivity index (χ0n) is 43.1. The smallest absolute Gasteiger partial charge is 0.255 e. The monoisotopic (exact) mass is 979 g/mol. The first kappa shape index (κ1) is 46.2. The molecule has 5 heteroatoms. The van der Waals surface area contributed by atoms with E-state index >= 15 is 0 Å². The molecule has 13 rings (SSSR count). The van der Waals surface area contributed by atoms with Crippen LogP contribution in [0.3, 0.4) is 0 Å². The number of rotatable bonds is 9. The van der Waals surface area contributed by atoms with Crippen LogP contribution in [0.25, 0.3) is 117 Å². The van der Waals surface area contributed by atoms with Crippen molar-refractivity contribution in [2.24, 2.45) is 10.4 Å². The number of benzene rings is 10. The molecule has 0 N–H and O–H groups in total. The van der Waals surface area contributed by atoms with Crippen LogP contribution in [0.15, 0.2) is 260 Å². The van der Waals surface area contributed by atoms with Gasteiger partial charge in [-0.05, 0) is 141 Å². The van der Waals surface area contributed by atoms with Gasteiger partial charge < -0.3 is 4.74 Å². The summed E-state index contributed by atoms with van der Waals surface area (Å²) in [6.45, 7) is 12.8. The van der Waals surface area contributed by atoms with Crippen molar-refractivity contribution in [3.63, 3.8) is 0 Å². The van der Waals surface area contributed by atoms with Crippen molar-refractivity contribution in [2.45, 2.75) is 27.7 Å². The van der Waals surface area contributed by atoms with E-state index in [1.54, 1.807) is 0 Å². The van der Waals surface area contributed by atoms with Crippen molar-refractivity contribution < 1.29 is 9.30 Å². The van der Waals surface area contributed by atoms with E-state index in [1.807, 2.05) is 6.07 Å². The molecule has 3 heterocycles. The summed E-state index contributed by atoms with van der Waals surface area (Å²) in [5, 5.41) is 2.25. The van der Waals surface area contributed by atoms with Gasteiger partial charge >= 0.3 is 0 Å². The van der Waals surface area contributed by atoms with Gasteiger partial charge in [0, 0.05) is 39.6 Å². The van der Waals surface area contributed by atoms with Gasteiger partial charge in [0.1, 0.15) is 28.7 Å². The summed E-state index contributed by atoms with van der Waals surface area (Å²) in [5.41, 5.74) is 21.3. The molecule has 0 amide bonds. The van der Waals surface area contributed by atoms with E-state index in [4.69, 9.17) is 4.74 Å². The van der Waals surface area contributed by atoms with Crippen LogP contribution in [-0.4, -0.2) is 15.9 Å². The second-order valence-electron chi connectivity index (χ2n) is 20.6. The SMILES string of the molecule is C=N/C(=C\C(=C/C)C(C)(C)C)n1c2ccccc2c2ccc(Oc3cccc(-n4c[n+]5c6c(cccc64)-c4ccccc4-c4ccccc4-c4cccc(-c6cc(-c7ccccc7)cc(-c7ccccc7)c6)c4-5)c3)cc21. The third-order valence-corrected chi connectivity index (χ3v) is 15.0. The lowest BCUT2D eigenvalue weighted by atomic mass is 9.86. The number of para-hydroxylation sites is 3. The molecule has 0 fully saturated rings. The van der Waals surface area contributed by atoms with E-state index in [2.05, 4.69) is 296 Å². The number of allylic oxidation sites excluding steroid dienone is 3. The first-order chi connectivity index (χ1) is 37.2. The van der Waals surface area contributed by atoms with E-state index in [-0.39, 0.29) is 5.41 Å². The number of imidazole rings is 1. The number of fused-ring (bicyclic) bond motifs is 10. The highest BCUT2D eigenvalue weighted by atomic mass is 16.5. The van der Waals surface area contributed by atoms with Crippen molar-refractivity contribution >= 4 is 45.4 Å². The minimum absolute atomic E-state index is 0.0766.